The highest BCUT2D eigenvalue weighted by Gasteiger charge is 2.17. The minimum atomic E-state index is -0.363. The van der Waals surface area contributed by atoms with Crippen LogP contribution in [0, 0.1) is 5.82 Å². The molecule has 1 amide bonds. The highest BCUT2D eigenvalue weighted by Crippen LogP contribution is 2.33. The number of amides is 1. The molecule has 6 nitrogen and oxygen atoms in total. The highest BCUT2D eigenvalue weighted by atomic mass is 32.1. The van der Waals surface area contributed by atoms with E-state index < -0.39 is 0 Å². The summed E-state index contributed by atoms with van der Waals surface area (Å²) in [4.78, 5) is 26.2. The number of anilines is 2. The molecule has 0 bridgehead atoms. The van der Waals surface area contributed by atoms with Crippen molar-refractivity contribution in [1.29, 1.82) is 0 Å². The van der Waals surface area contributed by atoms with Crippen LogP contribution in [0.5, 0.6) is 0 Å². The quantitative estimate of drug-likeness (QED) is 0.470. The van der Waals surface area contributed by atoms with Gasteiger partial charge < -0.3 is 15.8 Å². The summed E-state index contributed by atoms with van der Waals surface area (Å²) < 4.78 is 20.0. The summed E-state index contributed by atoms with van der Waals surface area (Å²) in [6, 6.07) is 14.6. The van der Waals surface area contributed by atoms with Crippen molar-refractivity contribution in [3.05, 3.63) is 81.0 Å². The lowest BCUT2D eigenvalue weighted by Gasteiger charge is -2.17. The zero-order chi connectivity index (χ0) is 22.0. The number of nitrogen functional groups attached to an aromatic ring is 1. The molecule has 0 saturated carbocycles. The van der Waals surface area contributed by atoms with Gasteiger partial charge in [0.1, 0.15) is 11.6 Å². The average Bonchev–Trinajstić information content (AvgIpc) is 3.31. The summed E-state index contributed by atoms with van der Waals surface area (Å²) in [5.74, 6) is -0.335. The number of fused-ring (bicyclic) bond motifs is 1. The Morgan fingerprint density at radius 3 is 2.61 bits per heavy atom. The van der Waals surface area contributed by atoms with Gasteiger partial charge in [-0.05, 0) is 46.7 Å². The molecule has 3 N–H and O–H groups in total. The highest BCUT2D eigenvalue weighted by molar-refractivity contribution is 7.12. The molecule has 0 atom stereocenters. The Morgan fingerprint density at radius 1 is 1.16 bits per heavy atom. The van der Waals surface area contributed by atoms with Crippen LogP contribution in [-0.2, 0) is 11.3 Å². The van der Waals surface area contributed by atoms with Crippen LogP contribution in [0.2, 0.25) is 0 Å². The number of carbonyl (C=O) groups is 1. The Balaban J connectivity index is 1.88. The predicted octanol–water partition coefficient (Wildman–Crippen LogP) is 4.35. The Labute approximate surface area is 181 Å². The van der Waals surface area contributed by atoms with Crippen LogP contribution in [0.25, 0.3) is 21.9 Å². The van der Waals surface area contributed by atoms with E-state index in [0.29, 0.717) is 39.1 Å². The molecule has 4 aromatic rings. The Bertz CT molecular complexity index is 1300. The van der Waals surface area contributed by atoms with Crippen molar-refractivity contribution in [1.82, 2.24) is 4.57 Å². The molecular formula is C23H20FN3O3S. The number of pyridine rings is 1. The third-order valence-corrected chi connectivity index (χ3v) is 5.83. The number of ether oxygens (including phenoxy) is 1. The Hall–Kier alpha value is -3.49. The number of aromatic nitrogens is 1. The van der Waals surface area contributed by atoms with Gasteiger partial charge in [0.05, 0.1) is 18.0 Å². The molecule has 0 saturated heterocycles. The second-order valence-corrected chi connectivity index (χ2v) is 7.86. The molecule has 0 fully saturated rings. The smallest absolute Gasteiger partial charge is 0.265 e. The first-order valence-corrected chi connectivity index (χ1v) is 10.4. The van der Waals surface area contributed by atoms with Crippen LogP contribution in [0.3, 0.4) is 0 Å². The second-order valence-electron chi connectivity index (χ2n) is 6.91. The van der Waals surface area contributed by atoms with Crippen molar-refractivity contribution < 1.29 is 13.9 Å². The maximum absolute atomic E-state index is 13.5. The number of rotatable bonds is 6. The van der Waals surface area contributed by atoms with Gasteiger partial charge in [-0.2, -0.15) is 0 Å². The zero-order valence-corrected chi connectivity index (χ0v) is 17.5. The van der Waals surface area contributed by atoms with Crippen LogP contribution >= 0.6 is 11.3 Å². The number of methoxy groups -OCH3 is 1. The van der Waals surface area contributed by atoms with Crippen molar-refractivity contribution in [2.45, 2.75) is 6.54 Å². The van der Waals surface area contributed by atoms with E-state index in [1.165, 1.54) is 28.0 Å². The Kier molecular flexibility index (Phi) is 5.83. The van der Waals surface area contributed by atoms with Gasteiger partial charge in [0.25, 0.3) is 11.5 Å². The van der Waals surface area contributed by atoms with Crippen LogP contribution in [0.4, 0.5) is 15.9 Å². The molecule has 2 heterocycles. The van der Waals surface area contributed by atoms with Crippen molar-refractivity contribution >= 4 is 39.5 Å². The van der Waals surface area contributed by atoms with Gasteiger partial charge in [0, 0.05) is 23.7 Å². The molecule has 0 spiro atoms. The number of carbonyl (C=O) groups excluding carboxylic acids is 1. The topological polar surface area (TPSA) is 86.3 Å². The predicted molar refractivity (Wildman–Crippen MR) is 122 cm³/mol. The standard InChI is InChI=1S/C23H20FN3O3S/c1-30-11-10-27-21(25)20(14-4-6-15(24)7-5-14)17-9-8-16(13-18(17)23(27)29)26-22(28)19-3-2-12-31-19/h2-9,12-13H,10-11,25H2,1H3,(H,26,28). The van der Waals surface area contributed by atoms with E-state index in [1.807, 2.05) is 5.38 Å². The summed E-state index contributed by atoms with van der Waals surface area (Å²) in [5, 5.41) is 5.67. The van der Waals surface area contributed by atoms with Crippen molar-refractivity contribution in [3.8, 4) is 11.1 Å². The molecule has 31 heavy (non-hydrogen) atoms. The zero-order valence-electron chi connectivity index (χ0n) is 16.7. The fraction of sp³-hybridized carbons (Fsp3) is 0.130. The maximum atomic E-state index is 13.5. The average molecular weight is 437 g/mol. The van der Waals surface area contributed by atoms with Crippen LogP contribution in [0.15, 0.2) is 64.8 Å². The van der Waals surface area contributed by atoms with Crippen molar-refractivity contribution in [2.75, 3.05) is 24.8 Å². The molecule has 158 valence electrons. The fourth-order valence-electron chi connectivity index (χ4n) is 3.47. The van der Waals surface area contributed by atoms with E-state index in [4.69, 9.17) is 10.5 Å². The normalized spacial score (nSPS) is 11.0. The minimum absolute atomic E-state index is 0.247. The van der Waals surface area contributed by atoms with E-state index in [-0.39, 0.29) is 29.6 Å². The number of nitrogens with two attached hydrogens (primary N) is 1. The molecule has 0 unspecified atom stereocenters. The summed E-state index contributed by atoms with van der Waals surface area (Å²) in [5.41, 5.74) is 7.91. The number of halogens is 1. The van der Waals surface area contributed by atoms with E-state index in [9.17, 15) is 14.0 Å². The molecule has 0 aliphatic rings. The molecule has 8 heteroatoms. The number of hydrogen-bond acceptors (Lipinski definition) is 5. The molecule has 0 radical (unpaired) electrons. The number of benzene rings is 2. The van der Waals surface area contributed by atoms with Crippen molar-refractivity contribution in [2.24, 2.45) is 0 Å². The van der Waals surface area contributed by atoms with Gasteiger partial charge in [0.15, 0.2) is 0 Å². The third kappa shape index (κ3) is 4.08. The monoisotopic (exact) mass is 437 g/mol. The van der Waals surface area contributed by atoms with Crippen LogP contribution in [-0.4, -0.2) is 24.2 Å². The van der Waals surface area contributed by atoms with E-state index >= 15 is 0 Å². The summed E-state index contributed by atoms with van der Waals surface area (Å²) in [7, 11) is 1.54. The lowest BCUT2D eigenvalue weighted by atomic mass is 9.98. The van der Waals surface area contributed by atoms with E-state index in [2.05, 4.69) is 5.32 Å². The van der Waals surface area contributed by atoms with Gasteiger partial charge in [-0.15, -0.1) is 11.3 Å². The molecule has 2 aromatic heterocycles. The summed E-state index contributed by atoms with van der Waals surface area (Å²) in [6.07, 6.45) is 0. The van der Waals surface area contributed by atoms with Gasteiger partial charge in [-0.25, -0.2) is 4.39 Å². The summed E-state index contributed by atoms with van der Waals surface area (Å²) >= 11 is 1.33. The third-order valence-electron chi connectivity index (χ3n) is 4.97. The SMILES string of the molecule is COCCn1c(N)c(-c2ccc(F)cc2)c2ccc(NC(=O)c3cccs3)cc2c1=O. The minimum Gasteiger partial charge on any atom is -0.384 e. The summed E-state index contributed by atoms with van der Waals surface area (Å²) in [6.45, 7) is 0.560. The molecular weight excluding hydrogens is 417 g/mol. The maximum Gasteiger partial charge on any atom is 0.265 e. The number of thiophene rings is 1. The molecule has 0 aliphatic carbocycles. The molecule has 4 rings (SSSR count). The van der Waals surface area contributed by atoms with Crippen LogP contribution in [0.1, 0.15) is 9.67 Å². The number of nitrogens with one attached hydrogen (secondary N) is 1. The van der Waals surface area contributed by atoms with Gasteiger partial charge in [-0.1, -0.05) is 24.3 Å². The Morgan fingerprint density at radius 2 is 1.94 bits per heavy atom. The lowest BCUT2D eigenvalue weighted by molar-refractivity contribution is 0.103. The van der Waals surface area contributed by atoms with Crippen molar-refractivity contribution in [3.63, 3.8) is 0 Å². The second kappa shape index (κ2) is 8.71. The number of hydrogen-bond donors (Lipinski definition) is 2. The first kappa shape index (κ1) is 20.8. The van der Waals surface area contributed by atoms with Gasteiger partial charge in [0.2, 0.25) is 0 Å². The molecule has 2 aromatic carbocycles. The fourth-order valence-corrected chi connectivity index (χ4v) is 4.09. The largest absolute Gasteiger partial charge is 0.384 e. The van der Waals surface area contributed by atoms with Gasteiger partial charge >= 0.3 is 0 Å². The molecule has 0 aliphatic heterocycles. The lowest BCUT2D eigenvalue weighted by Crippen LogP contribution is -2.26. The van der Waals surface area contributed by atoms with Gasteiger partial charge in [-0.3, -0.25) is 14.2 Å². The number of nitrogens with zero attached hydrogens (tertiary/aromatic N) is 1. The van der Waals surface area contributed by atoms with E-state index in [1.54, 1.807) is 49.6 Å². The van der Waals surface area contributed by atoms with Crippen LogP contribution < -0.4 is 16.6 Å². The van der Waals surface area contributed by atoms with E-state index in [0.717, 1.165) is 0 Å². The first-order valence-electron chi connectivity index (χ1n) is 9.55. The first-order chi connectivity index (χ1) is 15.0.